The Labute approximate surface area is 341 Å². The number of furan rings is 1. The van der Waals surface area contributed by atoms with E-state index < -0.39 is 0 Å². The van der Waals surface area contributed by atoms with E-state index in [0.29, 0.717) is 0 Å². The SMILES string of the molecule is c1cc(-c2ccc3ccccc3c2)cc(N(c2ccccc2-c2cccc3c2oc2c4ccccc4ccc32)c2ccccc2-n2c3ccccc3c3ccccc32)c1. The Morgan fingerprint density at radius 3 is 1.75 bits per heavy atom. The van der Waals surface area contributed by atoms with Gasteiger partial charge >= 0.3 is 0 Å². The van der Waals surface area contributed by atoms with E-state index in [-0.39, 0.29) is 0 Å². The molecule has 0 unspecified atom stereocenters. The van der Waals surface area contributed by atoms with Crippen LogP contribution < -0.4 is 4.90 Å². The third-order valence-electron chi connectivity index (χ3n) is 12.0. The summed E-state index contributed by atoms with van der Waals surface area (Å²) < 4.78 is 9.39. The number of hydrogen-bond acceptors (Lipinski definition) is 2. The molecule has 0 saturated heterocycles. The van der Waals surface area contributed by atoms with Crippen molar-refractivity contribution in [3.63, 3.8) is 0 Å². The lowest BCUT2D eigenvalue weighted by molar-refractivity contribution is 0.674. The molecule has 10 aromatic carbocycles. The van der Waals surface area contributed by atoms with E-state index in [1.807, 2.05) is 0 Å². The summed E-state index contributed by atoms with van der Waals surface area (Å²) in [6.45, 7) is 0. The smallest absolute Gasteiger partial charge is 0.143 e. The van der Waals surface area contributed by atoms with Gasteiger partial charge in [0.15, 0.2) is 0 Å². The van der Waals surface area contributed by atoms with Crippen LogP contribution in [-0.2, 0) is 0 Å². The quantitative estimate of drug-likeness (QED) is 0.169. The van der Waals surface area contributed by atoms with Gasteiger partial charge in [0, 0.05) is 43.7 Å². The normalized spacial score (nSPS) is 11.7. The maximum atomic E-state index is 6.97. The Morgan fingerprint density at radius 1 is 0.339 bits per heavy atom. The van der Waals surface area contributed by atoms with Crippen LogP contribution in [0, 0.1) is 0 Å². The largest absolute Gasteiger partial charge is 0.455 e. The highest BCUT2D eigenvalue weighted by Crippen LogP contribution is 2.48. The first kappa shape index (κ1) is 33.3. The van der Waals surface area contributed by atoms with Crippen LogP contribution in [0.25, 0.3) is 93.2 Å². The summed E-state index contributed by atoms with van der Waals surface area (Å²) in [5, 5.41) is 9.42. The second kappa shape index (κ2) is 13.4. The van der Waals surface area contributed by atoms with Crippen molar-refractivity contribution in [1.29, 1.82) is 0 Å². The van der Waals surface area contributed by atoms with Crippen molar-refractivity contribution in [3.8, 4) is 27.9 Å². The lowest BCUT2D eigenvalue weighted by Gasteiger charge is -2.30. The maximum Gasteiger partial charge on any atom is 0.143 e. The van der Waals surface area contributed by atoms with Gasteiger partial charge in [-0.15, -0.1) is 0 Å². The van der Waals surface area contributed by atoms with E-state index in [1.54, 1.807) is 0 Å². The Hall–Kier alpha value is -7.88. The molecular weight excluding hydrogens is 717 g/mol. The minimum atomic E-state index is 0.881. The Bertz CT molecular complexity index is 3540. The van der Waals surface area contributed by atoms with Crippen LogP contribution in [0.2, 0.25) is 0 Å². The lowest BCUT2D eigenvalue weighted by atomic mass is 9.98. The molecule has 0 fully saturated rings. The molecule has 12 aromatic rings. The van der Waals surface area contributed by atoms with Crippen LogP contribution in [0.5, 0.6) is 0 Å². The highest BCUT2D eigenvalue weighted by atomic mass is 16.3. The minimum Gasteiger partial charge on any atom is -0.455 e. The van der Waals surface area contributed by atoms with Gasteiger partial charge in [-0.1, -0.05) is 164 Å². The zero-order chi connectivity index (χ0) is 38.9. The third kappa shape index (κ3) is 5.29. The van der Waals surface area contributed by atoms with Gasteiger partial charge in [-0.2, -0.15) is 0 Å². The number of nitrogens with zero attached hydrogens (tertiary/aromatic N) is 2. The average molecular weight is 753 g/mol. The fourth-order valence-corrected chi connectivity index (χ4v) is 9.26. The minimum absolute atomic E-state index is 0.881. The van der Waals surface area contributed by atoms with Gasteiger partial charge in [0.2, 0.25) is 0 Å². The van der Waals surface area contributed by atoms with Gasteiger partial charge in [-0.05, 0) is 81.9 Å². The molecule has 3 nitrogen and oxygen atoms in total. The fourth-order valence-electron chi connectivity index (χ4n) is 9.26. The Kier molecular flexibility index (Phi) is 7.54. The number of anilines is 3. The highest BCUT2D eigenvalue weighted by molar-refractivity contribution is 6.18. The fraction of sp³-hybridized carbons (Fsp3) is 0. The zero-order valence-electron chi connectivity index (χ0n) is 32.1. The Morgan fingerprint density at radius 2 is 0.915 bits per heavy atom. The van der Waals surface area contributed by atoms with Crippen molar-refractivity contribution in [1.82, 2.24) is 4.57 Å². The molecule has 0 atom stereocenters. The lowest BCUT2D eigenvalue weighted by Crippen LogP contribution is -2.14. The van der Waals surface area contributed by atoms with Gasteiger partial charge in [0.1, 0.15) is 11.2 Å². The summed E-state index contributed by atoms with van der Waals surface area (Å²) in [7, 11) is 0. The summed E-state index contributed by atoms with van der Waals surface area (Å²) in [5.41, 5.74) is 12.8. The van der Waals surface area contributed by atoms with Crippen LogP contribution in [0.3, 0.4) is 0 Å². The van der Waals surface area contributed by atoms with E-state index in [1.165, 1.54) is 43.5 Å². The van der Waals surface area contributed by atoms with Crippen molar-refractivity contribution >= 4 is 82.4 Å². The number of aromatic nitrogens is 1. The summed E-state index contributed by atoms with van der Waals surface area (Å²) in [6, 6.07) is 78.8. The molecule has 0 radical (unpaired) electrons. The second-order valence-corrected chi connectivity index (χ2v) is 15.3. The van der Waals surface area contributed by atoms with E-state index in [4.69, 9.17) is 4.42 Å². The summed E-state index contributed by atoms with van der Waals surface area (Å²) in [4.78, 5) is 2.44. The van der Waals surface area contributed by atoms with Crippen LogP contribution in [0.15, 0.2) is 223 Å². The molecule has 0 N–H and O–H groups in total. The number of fused-ring (bicyclic) bond motifs is 9. The van der Waals surface area contributed by atoms with E-state index >= 15 is 0 Å². The second-order valence-electron chi connectivity index (χ2n) is 15.3. The van der Waals surface area contributed by atoms with Crippen molar-refractivity contribution in [2.45, 2.75) is 0 Å². The number of benzene rings is 10. The first-order valence-electron chi connectivity index (χ1n) is 20.2. The molecular formula is C56H36N2O. The van der Waals surface area contributed by atoms with Crippen molar-refractivity contribution in [3.05, 3.63) is 218 Å². The highest BCUT2D eigenvalue weighted by Gasteiger charge is 2.24. The van der Waals surface area contributed by atoms with Gasteiger partial charge in [0.05, 0.1) is 28.1 Å². The van der Waals surface area contributed by atoms with Crippen LogP contribution in [-0.4, -0.2) is 4.57 Å². The Balaban J connectivity index is 1.13. The molecule has 3 heteroatoms. The van der Waals surface area contributed by atoms with Gasteiger partial charge < -0.3 is 13.9 Å². The summed E-state index contributed by atoms with van der Waals surface area (Å²) in [5.74, 6) is 0. The van der Waals surface area contributed by atoms with Crippen LogP contribution in [0.4, 0.5) is 17.1 Å². The van der Waals surface area contributed by atoms with Crippen molar-refractivity contribution in [2.24, 2.45) is 0 Å². The number of para-hydroxylation sites is 6. The molecule has 276 valence electrons. The predicted molar refractivity (Wildman–Crippen MR) is 249 cm³/mol. The van der Waals surface area contributed by atoms with Crippen LogP contribution >= 0.6 is 0 Å². The maximum absolute atomic E-state index is 6.97. The van der Waals surface area contributed by atoms with E-state index in [0.717, 1.165) is 66.8 Å². The van der Waals surface area contributed by atoms with Gasteiger partial charge in [-0.25, -0.2) is 0 Å². The predicted octanol–water partition coefficient (Wildman–Crippen LogP) is 15.8. The van der Waals surface area contributed by atoms with E-state index in [2.05, 4.69) is 228 Å². The third-order valence-corrected chi connectivity index (χ3v) is 12.0. The molecule has 59 heavy (non-hydrogen) atoms. The topological polar surface area (TPSA) is 21.3 Å². The molecule has 0 aliphatic carbocycles. The van der Waals surface area contributed by atoms with Gasteiger partial charge in [0.25, 0.3) is 0 Å². The molecule has 0 saturated carbocycles. The van der Waals surface area contributed by atoms with Gasteiger partial charge in [-0.3, -0.25) is 0 Å². The molecule has 0 bridgehead atoms. The molecule has 0 aliphatic heterocycles. The zero-order valence-corrected chi connectivity index (χ0v) is 32.1. The van der Waals surface area contributed by atoms with Crippen molar-refractivity contribution in [2.75, 3.05) is 4.90 Å². The summed E-state index contributed by atoms with van der Waals surface area (Å²) in [6.07, 6.45) is 0. The summed E-state index contributed by atoms with van der Waals surface area (Å²) >= 11 is 0. The molecule has 0 amide bonds. The number of hydrogen-bond donors (Lipinski definition) is 0. The monoisotopic (exact) mass is 752 g/mol. The number of rotatable bonds is 6. The molecule has 2 aromatic heterocycles. The van der Waals surface area contributed by atoms with Crippen LogP contribution in [0.1, 0.15) is 0 Å². The standard InChI is InChI=1S/C56H36N2O/c1-2-17-39-35-41(32-31-37(39)15-1)40-18-13-19-42(36-40)57(53-29-11-12-30-54(53)58-51-27-9-5-21-44(51)45-22-6-10-28-52(45)58)50-26-8-7-23-46(50)47-24-14-25-48-49-34-33-38-16-3-4-20-43(38)55(49)59-56(47)48/h1-36H. The first-order chi connectivity index (χ1) is 29.3. The molecule has 0 aliphatic rings. The first-order valence-corrected chi connectivity index (χ1v) is 20.2. The molecule has 12 rings (SSSR count). The average Bonchev–Trinajstić information content (AvgIpc) is 3.86. The van der Waals surface area contributed by atoms with E-state index in [9.17, 15) is 0 Å². The van der Waals surface area contributed by atoms with Crippen molar-refractivity contribution < 1.29 is 4.42 Å². The molecule has 0 spiro atoms. The molecule has 2 heterocycles.